The molecule has 0 rings (SSSR count). The molecule has 0 saturated heterocycles. The summed E-state index contributed by atoms with van der Waals surface area (Å²) in [7, 11) is 0. The fourth-order valence-electron chi connectivity index (χ4n) is 0. The molecule has 4 N–H and O–H groups in total. The molecular weight excluding hydrogens is 185 g/mol. The van der Waals surface area contributed by atoms with Crippen molar-refractivity contribution >= 4 is 25.9 Å². The van der Waals surface area contributed by atoms with E-state index in [0.717, 1.165) is 0 Å². The average molecular weight is 193 g/mol. The molecule has 0 aliphatic carbocycles. The standard InChI is InChI=1S/CH2O3.Ga.K.H2O.4H/c2-1(3)4;;;;;;;/h(H2,2,3,4);;;1H2;;;;/q;;+1;;;;;-1. The van der Waals surface area contributed by atoms with E-state index < -0.39 is 6.16 Å². The van der Waals surface area contributed by atoms with Crippen LogP contribution in [0.15, 0.2) is 0 Å². The van der Waals surface area contributed by atoms with Crippen LogP contribution in [0.3, 0.4) is 0 Å². The molecule has 0 atom stereocenters. The van der Waals surface area contributed by atoms with Gasteiger partial charge in [0.2, 0.25) is 0 Å². The summed E-state index contributed by atoms with van der Waals surface area (Å²) in [4.78, 5) is 8.56. The molecule has 0 spiro atoms. The predicted octanol–water partition coefficient (Wildman–Crippen LogP) is -4.67. The van der Waals surface area contributed by atoms with E-state index in [4.69, 9.17) is 15.0 Å². The Morgan fingerprint density at radius 1 is 1.43 bits per heavy atom. The smallest absolute Gasteiger partial charge is 1.00 e. The first-order chi connectivity index (χ1) is 1.73. The number of hydrogen-bond acceptors (Lipinski definition) is 1. The summed E-state index contributed by atoms with van der Waals surface area (Å²) in [6.07, 6.45) is -1.83. The Hall–Kier alpha value is 1.50. The van der Waals surface area contributed by atoms with Gasteiger partial charge in [0.05, 0.1) is 0 Å². The fourth-order valence-corrected chi connectivity index (χ4v) is 0. The van der Waals surface area contributed by atoms with Gasteiger partial charge in [0.1, 0.15) is 0 Å². The Morgan fingerprint density at radius 3 is 1.43 bits per heavy atom. The summed E-state index contributed by atoms with van der Waals surface area (Å²) in [6.45, 7) is 0. The summed E-state index contributed by atoms with van der Waals surface area (Å²) >= 11 is 0. The minimum absolute atomic E-state index is 0. The zero-order valence-corrected chi connectivity index (χ0v) is 6.43. The van der Waals surface area contributed by atoms with Crippen molar-refractivity contribution in [3.63, 3.8) is 0 Å². The van der Waals surface area contributed by atoms with E-state index in [1.54, 1.807) is 0 Å². The van der Waals surface area contributed by atoms with Gasteiger partial charge in [-0.2, -0.15) is 0 Å². The molecule has 0 fully saturated rings. The van der Waals surface area contributed by atoms with Crippen LogP contribution >= 0.6 is 0 Å². The summed E-state index contributed by atoms with van der Waals surface area (Å²) in [5.74, 6) is 0. The third kappa shape index (κ3) is 101. The van der Waals surface area contributed by atoms with Crippen LogP contribution in [0, 0.1) is 0 Å². The number of carboxylic acid groups (broad SMARTS) is 2. The molecule has 0 bridgehead atoms. The van der Waals surface area contributed by atoms with Crippen molar-refractivity contribution in [2.45, 2.75) is 0 Å². The molecule has 40 valence electrons. The topological polar surface area (TPSA) is 89.0 Å². The molecule has 0 amide bonds. The molecule has 7 heavy (non-hydrogen) atoms. The average Bonchev–Trinajstić information content (AvgIpc) is 0.811. The minimum atomic E-state index is -1.83. The van der Waals surface area contributed by atoms with Crippen LogP contribution < -0.4 is 51.4 Å². The molecule has 6 heteroatoms. The molecule has 4 nitrogen and oxygen atoms in total. The van der Waals surface area contributed by atoms with Gasteiger partial charge < -0.3 is 17.1 Å². The van der Waals surface area contributed by atoms with Gasteiger partial charge >= 0.3 is 77.3 Å². The second kappa shape index (κ2) is 15.6. The van der Waals surface area contributed by atoms with E-state index in [1.165, 1.54) is 0 Å². The quantitative estimate of drug-likeness (QED) is 0.379. The normalized spacial score (nSPS) is 3.43. The molecular formula is CH8GaKO4. The molecule has 0 aromatic rings. The van der Waals surface area contributed by atoms with Crippen molar-refractivity contribution in [3.8, 4) is 0 Å². The molecule has 0 radical (unpaired) electrons. The minimum Gasteiger partial charge on any atom is -1.00 e. The first-order valence-electron chi connectivity index (χ1n) is 0.651. The second-order valence-electron chi connectivity index (χ2n) is 0.283. The van der Waals surface area contributed by atoms with Gasteiger partial charge in [-0.3, -0.25) is 0 Å². The Morgan fingerprint density at radius 2 is 1.43 bits per heavy atom. The van der Waals surface area contributed by atoms with Crippen molar-refractivity contribution in [2.75, 3.05) is 0 Å². The van der Waals surface area contributed by atoms with Gasteiger partial charge in [0.15, 0.2) is 0 Å². The number of carbonyl (C=O) groups is 1. The van der Waals surface area contributed by atoms with Crippen LogP contribution in [0.5, 0.6) is 0 Å². The third-order valence-corrected chi connectivity index (χ3v) is 0. The van der Waals surface area contributed by atoms with E-state index in [2.05, 4.69) is 0 Å². The fraction of sp³-hybridized carbons (Fsp3) is 0. The maximum absolute atomic E-state index is 8.56. The third-order valence-electron chi connectivity index (χ3n) is 0. The SMILES string of the molecule is O.O=C(O)O.[GaH3].[H-].[K+]. The monoisotopic (exact) mass is 192 g/mol. The van der Waals surface area contributed by atoms with Crippen LogP contribution in [-0.2, 0) is 0 Å². The molecule has 0 aliphatic heterocycles. The van der Waals surface area contributed by atoms with Gasteiger partial charge in [-0.25, -0.2) is 4.79 Å². The molecule has 0 saturated carbocycles. The van der Waals surface area contributed by atoms with E-state index in [0.29, 0.717) is 0 Å². The number of rotatable bonds is 0. The zero-order chi connectivity index (χ0) is 3.58. The molecule has 0 aromatic heterocycles. The maximum atomic E-state index is 8.56. The van der Waals surface area contributed by atoms with Gasteiger partial charge in [-0.15, -0.1) is 0 Å². The second-order valence-corrected chi connectivity index (χ2v) is 0.283. The molecule has 0 aromatic carbocycles. The predicted molar refractivity (Wildman–Crippen MR) is 25.3 cm³/mol. The zero-order valence-electron chi connectivity index (χ0n) is 4.30. The van der Waals surface area contributed by atoms with Crippen LogP contribution in [0.4, 0.5) is 4.79 Å². The van der Waals surface area contributed by atoms with Gasteiger partial charge in [0, 0.05) is 0 Å². The Bertz CT molecular complexity index is 39.0. The summed E-state index contributed by atoms with van der Waals surface area (Å²) in [5.41, 5.74) is 0. The first kappa shape index (κ1) is 23.6. The van der Waals surface area contributed by atoms with Crippen molar-refractivity contribution in [3.05, 3.63) is 0 Å². The molecule has 0 heterocycles. The summed E-state index contributed by atoms with van der Waals surface area (Å²) < 4.78 is 0. The van der Waals surface area contributed by atoms with Crippen molar-refractivity contribution in [1.82, 2.24) is 0 Å². The van der Waals surface area contributed by atoms with Crippen LogP contribution in [0.25, 0.3) is 0 Å². The molecule has 0 aliphatic rings. The van der Waals surface area contributed by atoms with Crippen LogP contribution in [-0.4, -0.2) is 41.6 Å². The summed E-state index contributed by atoms with van der Waals surface area (Å²) in [6, 6.07) is 0. The van der Waals surface area contributed by atoms with E-state index in [1.807, 2.05) is 0 Å². The van der Waals surface area contributed by atoms with Gasteiger partial charge in [0.25, 0.3) is 0 Å². The van der Waals surface area contributed by atoms with Crippen molar-refractivity contribution in [1.29, 1.82) is 0 Å². The van der Waals surface area contributed by atoms with Gasteiger partial charge in [-0.1, -0.05) is 0 Å². The Labute approximate surface area is 97.6 Å². The molecule has 0 unspecified atom stereocenters. The maximum Gasteiger partial charge on any atom is 1.00 e. The Balaban J connectivity index is -0.00000000750. The van der Waals surface area contributed by atoms with Crippen molar-refractivity contribution < 1.29 is 73.3 Å². The van der Waals surface area contributed by atoms with Crippen molar-refractivity contribution in [2.24, 2.45) is 0 Å². The largest absolute Gasteiger partial charge is 1.00 e. The van der Waals surface area contributed by atoms with Crippen LogP contribution in [0.1, 0.15) is 1.43 Å². The van der Waals surface area contributed by atoms with Gasteiger partial charge in [-0.05, 0) is 0 Å². The Kier molecular flexibility index (Phi) is 52.8. The van der Waals surface area contributed by atoms with E-state index in [-0.39, 0.29) is 78.1 Å². The number of hydrogen-bond donors (Lipinski definition) is 2. The first-order valence-corrected chi connectivity index (χ1v) is 0.651. The van der Waals surface area contributed by atoms with E-state index >= 15 is 0 Å². The van der Waals surface area contributed by atoms with E-state index in [9.17, 15) is 0 Å². The van der Waals surface area contributed by atoms with Crippen LogP contribution in [0.2, 0.25) is 0 Å². The summed E-state index contributed by atoms with van der Waals surface area (Å²) in [5, 5.41) is 13.9.